The molecular weight excluding hydrogens is 326 g/mol. The van der Waals surface area contributed by atoms with Crippen molar-refractivity contribution in [1.82, 2.24) is 5.32 Å². The molecule has 1 rings (SSSR count). The van der Waals surface area contributed by atoms with E-state index >= 15 is 0 Å². The summed E-state index contributed by atoms with van der Waals surface area (Å²) in [6, 6.07) is 8.66. The molecule has 0 atom stereocenters. The Bertz CT molecular complexity index is 436. The predicted molar refractivity (Wildman–Crippen MR) is 117 cm³/mol. The second-order valence-electron chi connectivity index (χ2n) is 7.76. The molecular formula is C23H40ClN. The molecule has 0 aliphatic rings. The van der Waals surface area contributed by atoms with Crippen LogP contribution < -0.4 is 5.32 Å². The summed E-state index contributed by atoms with van der Waals surface area (Å²) in [5, 5.41) is 3.71. The molecule has 144 valence electrons. The summed E-state index contributed by atoms with van der Waals surface area (Å²) in [6.07, 6.45) is 15.8. The van der Waals surface area contributed by atoms with E-state index in [0.717, 1.165) is 6.54 Å². The second-order valence-corrected chi connectivity index (χ2v) is 7.76. The molecule has 0 aliphatic heterocycles. The van der Waals surface area contributed by atoms with Gasteiger partial charge in [0.1, 0.15) is 0 Å². The van der Waals surface area contributed by atoms with Crippen molar-refractivity contribution >= 4 is 18.5 Å². The van der Waals surface area contributed by atoms with E-state index in [9.17, 15) is 0 Å². The molecule has 0 heterocycles. The number of rotatable bonds is 14. The molecule has 0 aromatic heterocycles. The van der Waals surface area contributed by atoms with E-state index < -0.39 is 0 Å². The largest absolute Gasteiger partial charge is 0.308 e. The van der Waals surface area contributed by atoms with Gasteiger partial charge in [-0.05, 0) is 31.4 Å². The second kappa shape index (κ2) is 14.4. The van der Waals surface area contributed by atoms with Gasteiger partial charge in [-0.2, -0.15) is 0 Å². The minimum atomic E-state index is 0. The van der Waals surface area contributed by atoms with Gasteiger partial charge in [-0.25, -0.2) is 0 Å². The van der Waals surface area contributed by atoms with Gasteiger partial charge in [-0.3, -0.25) is 0 Å². The Balaban J connectivity index is 0.00000576. The molecule has 0 aliphatic carbocycles. The van der Waals surface area contributed by atoms with Crippen LogP contribution in [0.4, 0.5) is 0 Å². The summed E-state index contributed by atoms with van der Waals surface area (Å²) in [7, 11) is 0. The van der Waals surface area contributed by atoms with Crippen molar-refractivity contribution in [2.75, 3.05) is 0 Å². The summed E-state index contributed by atoms with van der Waals surface area (Å²) < 4.78 is 0. The van der Waals surface area contributed by atoms with Crippen molar-refractivity contribution in [3.63, 3.8) is 0 Å². The van der Waals surface area contributed by atoms with Crippen LogP contribution in [-0.2, 0) is 6.54 Å². The van der Waals surface area contributed by atoms with Crippen molar-refractivity contribution in [2.24, 2.45) is 0 Å². The first-order valence-corrected chi connectivity index (χ1v) is 10.0. The molecule has 0 radical (unpaired) electrons. The quantitative estimate of drug-likeness (QED) is 0.336. The number of nitrogens with one attached hydrogen (secondary N) is 1. The third kappa shape index (κ3) is 12.2. The summed E-state index contributed by atoms with van der Waals surface area (Å²) in [4.78, 5) is 0. The predicted octanol–water partition coefficient (Wildman–Crippen LogP) is 7.54. The highest BCUT2D eigenvalue weighted by molar-refractivity contribution is 5.85. The van der Waals surface area contributed by atoms with Crippen molar-refractivity contribution in [3.8, 4) is 0 Å². The van der Waals surface area contributed by atoms with Crippen LogP contribution in [-0.4, -0.2) is 5.54 Å². The van der Waals surface area contributed by atoms with Gasteiger partial charge in [-0.15, -0.1) is 12.4 Å². The molecule has 1 aromatic carbocycles. The molecule has 2 heteroatoms. The smallest absolute Gasteiger partial charge is 0.0210 e. The van der Waals surface area contributed by atoms with Crippen molar-refractivity contribution in [2.45, 2.75) is 97.1 Å². The van der Waals surface area contributed by atoms with Gasteiger partial charge in [0.05, 0.1) is 0 Å². The lowest BCUT2D eigenvalue weighted by Crippen LogP contribution is -2.38. The first kappa shape index (κ1) is 24.2. The maximum atomic E-state index is 3.80. The fourth-order valence-corrected chi connectivity index (χ4v) is 3.08. The minimum Gasteiger partial charge on any atom is -0.308 e. The Kier molecular flexibility index (Phi) is 13.9. The summed E-state index contributed by atoms with van der Waals surface area (Å²) in [5.74, 6) is 0. The average Bonchev–Trinajstić information content (AvgIpc) is 2.59. The molecule has 0 fully saturated rings. The van der Waals surface area contributed by atoms with Gasteiger partial charge in [0.2, 0.25) is 0 Å². The van der Waals surface area contributed by atoms with Gasteiger partial charge < -0.3 is 5.32 Å². The first-order chi connectivity index (χ1) is 11.6. The molecule has 0 spiro atoms. The Morgan fingerprint density at radius 3 is 1.92 bits per heavy atom. The van der Waals surface area contributed by atoms with Crippen LogP contribution >= 0.6 is 12.4 Å². The fourth-order valence-electron chi connectivity index (χ4n) is 3.08. The number of hydrogen-bond acceptors (Lipinski definition) is 1. The molecule has 25 heavy (non-hydrogen) atoms. The first-order valence-electron chi connectivity index (χ1n) is 10.0. The highest BCUT2D eigenvalue weighted by Gasteiger charge is 2.15. The van der Waals surface area contributed by atoms with Gasteiger partial charge in [-0.1, -0.05) is 102 Å². The van der Waals surface area contributed by atoms with E-state index in [4.69, 9.17) is 0 Å². The van der Waals surface area contributed by atoms with E-state index in [1.807, 2.05) is 6.08 Å². The van der Waals surface area contributed by atoms with Gasteiger partial charge >= 0.3 is 0 Å². The molecule has 0 saturated heterocycles. The van der Waals surface area contributed by atoms with E-state index in [0.29, 0.717) is 0 Å². The highest BCUT2D eigenvalue weighted by atomic mass is 35.5. The van der Waals surface area contributed by atoms with Gasteiger partial charge in [0.25, 0.3) is 0 Å². The maximum Gasteiger partial charge on any atom is 0.0210 e. The number of unbranched alkanes of at least 4 members (excludes halogenated alkanes) is 8. The third-order valence-corrected chi connectivity index (χ3v) is 4.89. The molecule has 1 nitrogen and oxygen atoms in total. The zero-order valence-corrected chi connectivity index (χ0v) is 17.6. The monoisotopic (exact) mass is 365 g/mol. The van der Waals surface area contributed by atoms with Crippen LogP contribution in [0.1, 0.15) is 96.1 Å². The lowest BCUT2D eigenvalue weighted by molar-refractivity contribution is 0.344. The van der Waals surface area contributed by atoms with Crippen molar-refractivity contribution in [1.29, 1.82) is 0 Å². The van der Waals surface area contributed by atoms with E-state index in [1.54, 1.807) is 0 Å². The van der Waals surface area contributed by atoms with E-state index in [-0.39, 0.29) is 17.9 Å². The molecule has 0 unspecified atom stereocenters. The summed E-state index contributed by atoms with van der Waals surface area (Å²) in [5.41, 5.74) is 2.76. The standard InChI is InChI=1S/C23H39N.ClH/c1-5-7-8-9-10-11-12-13-14-19-23(3,4)24-20-22-17-15-21(6-2)16-18-22;/h6,15-18,24H,2,5,7-14,19-20H2,1,3-4H3;1H. The van der Waals surface area contributed by atoms with Crippen LogP contribution in [0.15, 0.2) is 30.8 Å². The maximum absolute atomic E-state index is 3.80. The third-order valence-electron chi connectivity index (χ3n) is 4.89. The molecule has 0 saturated carbocycles. The van der Waals surface area contributed by atoms with Crippen LogP contribution in [0.2, 0.25) is 0 Å². The van der Waals surface area contributed by atoms with Crippen molar-refractivity contribution in [3.05, 3.63) is 42.0 Å². The van der Waals surface area contributed by atoms with Crippen LogP contribution in [0.5, 0.6) is 0 Å². The molecule has 1 aromatic rings. The van der Waals surface area contributed by atoms with E-state index in [1.165, 1.54) is 75.3 Å². The lowest BCUT2D eigenvalue weighted by atomic mass is 9.95. The normalized spacial score (nSPS) is 11.2. The zero-order chi connectivity index (χ0) is 17.7. The Hall–Kier alpha value is -0.790. The fraction of sp³-hybridized carbons (Fsp3) is 0.652. The molecule has 1 N–H and O–H groups in total. The zero-order valence-electron chi connectivity index (χ0n) is 16.8. The van der Waals surface area contributed by atoms with Gasteiger partial charge in [0.15, 0.2) is 0 Å². The van der Waals surface area contributed by atoms with Crippen molar-refractivity contribution < 1.29 is 0 Å². The number of benzene rings is 1. The summed E-state index contributed by atoms with van der Waals surface area (Å²) >= 11 is 0. The minimum absolute atomic E-state index is 0. The Labute approximate surface area is 163 Å². The Morgan fingerprint density at radius 1 is 0.880 bits per heavy atom. The SMILES string of the molecule is C=Cc1ccc(CNC(C)(C)CCCCCCCCCCC)cc1.Cl. The Morgan fingerprint density at radius 2 is 1.40 bits per heavy atom. The molecule has 0 bridgehead atoms. The number of hydrogen-bond donors (Lipinski definition) is 1. The lowest BCUT2D eigenvalue weighted by Gasteiger charge is -2.26. The van der Waals surface area contributed by atoms with Crippen LogP contribution in [0.3, 0.4) is 0 Å². The van der Waals surface area contributed by atoms with Crippen LogP contribution in [0, 0.1) is 0 Å². The topological polar surface area (TPSA) is 12.0 Å². The highest BCUT2D eigenvalue weighted by Crippen LogP contribution is 2.17. The number of halogens is 1. The van der Waals surface area contributed by atoms with Gasteiger partial charge in [0, 0.05) is 12.1 Å². The average molecular weight is 366 g/mol. The molecule has 0 amide bonds. The summed E-state index contributed by atoms with van der Waals surface area (Å²) in [6.45, 7) is 11.7. The van der Waals surface area contributed by atoms with E-state index in [2.05, 4.69) is 56.9 Å². The van der Waals surface area contributed by atoms with Crippen LogP contribution in [0.25, 0.3) is 6.08 Å².